The van der Waals surface area contributed by atoms with Crippen LogP contribution in [-0.2, 0) is 4.74 Å². The lowest BCUT2D eigenvalue weighted by Crippen LogP contribution is -2.58. The van der Waals surface area contributed by atoms with Gasteiger partial charge in [0.1, 0.15) is 28.6 Å². The van der Waals surface area contributed by atoms with Gasteiger partial charge in [-0.15, -0.1) is 0 Å². The molecule has 1 aromatic rings. The summed E-state index contributed by atoms with van der Waals surface area (Å²) in [5.41, 5.74) is -0.257. The van der Waals surface area contributed by atoms with Crippen LogP contribution in [0.1, 0.15) is 45.0 Å². The van der Waals surface area contributed by atoms with Crippen LogP contribution in [0.4, 0.5) is 10.6 Å². The van der Waals surface area contributed by atoms with Crippen LogP contribution in [0.3, 0.4) is 0 Å². The Morgan fingerprint density at radius 2 is 1.76 bits per heavy atom. The maximum absolute atomic E-state index is 13.9. The number of aromatic nitrogens is 1. The molecule has 0 N–H and O–H groups in total. The molecule has 2 amide bonds. The molecule has 34 heavy (non-hydrogen) atoms. The molecule has 2 saturated heterocycles. The number of hydrogen-bond acceptors (Lipinski definition) is 7. The lowest BCUT2D eigenvalue weighted by atomic mass is 10.0. The minimum Gasteiger partial charge on any atom is -0.489 e. The molecule has 3 aliphatic heterocycles. The van der Waals surface area contributed by atoms with Crippen molar-refractivity contribution in [2.45, 2.75) is 58.3 Å². The quantitative estimate of drug-likeness (QED) is 0.532. The molecule has 2 unspecified atom stereocenters. The predicted octanol–water partition coefficient (Wildman–Crippen LogP) is 3.37. The molecular formula is C23H33Cl2N5O4. The van der Waals surface area contributed by atoms with E-state index in [1.165, 1.54) is 0 Å². The van der Waals surface area contributed by atoms with E-state index < -0.39 is 11.7 Å². The van der Waals surface area contributed by atoms with Gasteiger partial charge in [0.25, 0.3) is 5.91 Å². The van der Waals surface area contributed by atoms with Crippen molar-refractivity contribution in [2.24, 2.45) is 0 Å². The third-order valence-corrected chi connectivity index (χ3v) is 7.64. The molecule has 3 atom stereocenters. The van der Waals surface area contributed by atoms with E-state index in [2.05, 4.69) is 35.7 Å². The second-order valence-corrected chi connectivity index (χ2v) is 11.0. The van der Waals surface area contributed by atoms with Gasteiger partial charge in [-0.3, -0.25) is 9.69 Å². The summed E-state index contributed by atoms with van der Waals surface area (Å²) in [6.07, 6.45) is -0.398. The second kappa shape index (κ2) is 9.24. The number of halogens is 2. The molecule has 3 aliphatic rings. The second-order valence-electron chi connectivity index (χ2n) is 10.3. The number of amides is 2. The van der Waals surface area contributed by atoms with Gasteiger partial charge in [-0.25, -0.2) is 9.78 Å². The van der Waals surface area contributed by atoms with Crippen LogP contribution >= 0.6 is 23.2 Å². The van der Waals surface area contributed by atoms with E-state index in [4.69, 9.17) is 32.7 Å². The van der Waals surface area contributed by atoms with Crippen molar-refractivity contribution in [3.05, 3.63) is 15.7 Å². The van der Waals surface area contributed by atoms with E-state index in [0.717, 1.165) is 6.54 Å². The molecular weight excluding hydrogens is 481 g/mol. The molecule has 0 aromatic carbocycles. The Morgan fingerprint density at radius 3 is 2.44 bits per heavy atom. The van der Waals surface area contributed by atoms with E-state index >= 15 is 0 Å². The van der Waals surface area contributed by atoms with Gasteiger partial charge in [0.15, 0.2) is 10.9 Å². The van der Waals surface area contributed by atoms with Crippen molar-refractivity contribution in [1.29, 1.82) is 0 Å². The number of rotatable bonds is 1. The maximum atomic E-state index is 13.9. The van der Waals surface area contributed by atoms with Gasteiger partial charge in [0, 0.05) is 44.8 Å². The highest BCUT2D eigenvalue weighted by Crippen LogP contribution is 2.43. The van der Waals surface area contributed by atoms with Crippen molar-refractivity contribution < 1.29 is 19.1 Å². The Kier molecular flexibility index (Phi) is 6.83. The number of carbonyl (C=O) groups is 2. The summed E-state index contributed by atoms with van der Waals surface area (Å²) < 4.78 is 11.6. The van der Waals surface area contributed by atoms with E-state index in [1.807, 2.05) is 20.8 Å². The number of fused-ring (bicyclic) bond motifs is 2. The summed E-state index contributed by atoms with van der Waals surface area (Å²) in [5, 5.41) is 0.240. The molecule has 1 aromatic heterocycles. The zero-order valence-corrected chi connectivity index (χ0v) is 22.1. The van der Waals surface area contributed by atoms with Crippen molar-refractivity contribution in [3.8, 4) is 5.75 Å². The number of likely N-dealkylation sites (N-methyl/N-ethyl adjacent to an activating group) is 1. The highest BCUT2D eigenvalue weighted by Gasteiger charge is 2.42. The topological polar surface area (TPSA) is 78.5 Å². The monoisotopic (exact) mass is 513 g/mol. The van der Waals surface area contributed by atoms with Gasteiger partial charge in [0.2, 0.25) is 0 Å². The Hall–Kier alpha value is -1.97. The zero-order chi connectivity index (χ0) is 24.9. The highest BCUT2D eigenvalue weighted by molar-refractivity contribution is 6.42. The fourth-order valence-electron chi connectivity index (χ4n) is 4.72. The average molecular weight is 514 g/mol. The predicted molar refractivity (Wildman–Crippen MR) is 131 cm³/mol. The number of anilines is 1. The molecule has 4 heterocycles. The number of pyridine rings is 1. The lowest BCUT2D eigenvalue weighted by molar-refractivity contribution is 0.000951. The van der Waals surface area contributed by atoms with E-state index in [-0.39, 0.29) is 46.6 Å². The van der Waals surface area contributed by atoms with Crippen LogP contribution in [0.2, 0.25) is 10.2 Å². The Labute approximate surface area is 210 Å². The third-order valence-electron chi connectivity index (χ3n) is 6.92. The van der Waals surface area contributed by atoms with Crippen LogP contribution in [0.5, 0.6) is 5.75 Å². The largest absolute Gasteiger partial charge is 0.489 e. The normalized spacial score (nSPS) is 25.9. The molecule has 4 rings (SSSR count). The zero-order valence-electron chi connectivity index (χ0n) is 20.6. The summed E-state index contributed by atoms with van der Waals surface area (Å²) in [7, 11) is 2.09. The number of ether oxygens (including phenoxy) is 2. The summed E-state index contributed by atoms with van der Waals surface area (Å²) >= 11 is 12.9. The van der Waals surface area contributed by atoms with Crippen LogP contribution in [-0.4, -0.2) is 102 Å². The Bertz CT molecular complexity index is 985. The average Bonchev–Trinajstić information content (AvgIpc) is 2.90. The summed E-state index contributed by atoms with van der Waals surface area (Å²) in [6.45, 7) is 12.5. The maximum Gasteiger partial charge on any atom is 0.410 e. The Morgan fingerprint density at radius 1 is 1.09 bits per heavy atom. The van der Waals surface area contributed by atoms with Crippen LogP contribution in [0.15, 0.2) is 0 Å². The van der Waals surface area contributed by atoms with Gasteiger partial charge in [-0.1, -0.05) is 23.2 Å². The number of hydrogen-bond donors (Lipinski definition) is 0. The molecule has 0 spiro atoms. The number of carbonyl (C=O) groups excluding carboxylic acids is 2. The fraction of sp³-hybridized carbons (Fsp3) is 0.696. The molecule has 0 aliphatic carbocycles. The lowest BCUT2D eigenvalue weighted by Gasteiger charge is -2.45. The first-order valence-electron chi connectivity index (χ1n) is 11.7. The van der Waals surface area contributed by atoms with Crippen molar-refractivity contribution in [2.75, 3.05) is 51.3 Å². The van der Waals surface area contributed by atoms with Gasteiger partial charge in [-0.2, -0.15) is 0 Å². The van der Waals surface area contributed by atoms with E-state index in [9.17, 15) is 9.59 Å². The molecule has 0 bridgehead atoms. The Balaban J connectivity index is 1.66. The highest BCUT2D eigenvalue weighted by atomic mass is 35.5. The van der Waals surface area contributed by atoms with E-state index in [1.54, 1.807) is 9.80 Å². The molecule has 188 valence electrons. The molecule has 9 nitrogen and oxygen atoms in total. The SMILES string of the molecule is CC1C(C)N(c2nc(Cl)c(Cl)c3c2C(=O)N2CCN(C(=O)OC(C)(C)C)C[C@@H]2CO3)CCN1C. The van der Waals surface area contributed by atoms with Crippen molar-refractivity contribution in [3.63, 3.8) is 0 Å². The molecule has 2 fully saturated rings. The first-order valence-corrected chi connectivity index (χ1v) is 12.4. The van der Waals surface area contributed by atoms with Gasteiger partial charge in [0.05, 0.1) is 6.04 Å². The minimum absolute atomic E-state index is 0.100. The van der Waals surface area contributed by atoms with Crippen molar-refractivity contribution in [1.82, 2.24) is 19.7 Å². The summed E-state index contributed by atoms with van der Waals surface area (Å²) in [6, 6.07) is 0.0173. The number of nitrogens with zero attached hydrogens (tertiary/aromatic N) is 5. The van der Waals surface area contributed by atoms with Gasteiger partial charge < -0.3 is 24.2 Å². The first-order chi connectivity index (χ1) is 15.9. The fourth-order valence-corrected chi connectivity index (χ4v) is 5.08. The third kappa shape index (κ3) is 4.62. The van der Waals surface area contributed by atoms with Crippen LogP contribution < -0.4 is 9.64 Å². The summed E-state index contributed by atoms with van der Waals surface area (Å²) in [4.78, 5) is 38.8. The standard InChI is InChI=1S/C23H33Cl2N5O4/c1-13-14(2)29(9-7-27(13)6)20-16-18(17(24)19(25)26-20)33-12-15-11-28(8-10-30(15)21(16)31)22(32)34-23(3,4)5/h13-15H,7-12H2,1-6H3/t13?,14?,15-/m1/s1. The number of piperazine rings is 2. The molecule has 11 heteroatoms. The summed E-state index contributed by atoms with van der Waals surface area (Å²) in [5.74, 6) is 0.553. The van der Waals surface area contributed by atoms with Gasteiger partial charge in [-0.05, 0) is 41.7 Å². The smallest absolute Gasteiger partial charge is 0.410 e. The van der Waals surface area contributed by atoms with E-state index in [0.29, 0.717) is 37.6 Å². The molecule has 0 radical (unpaired) electrons. The first kappa shape index (κ1) is 25.1. The molecule has 0 saturated carbocycles. The van der Waals surface area contributed by atoms with Crippen LogP contribution in [0.25, 0.3) is 0 Å². The van der Waals surface area contributed by atoms with Gasteiger partial charge >= 0.3 is 6.09 Å². The minimum atomic E-state index is -0.596. The van der Waals surface area contributed by atoms with Crippen molar-refractivity contribution >= 4 is 41.0 Å². The van der Waals surface area contributed by atoms with Crippen LogP contribution in [0, 0.1) is 0 Å².